The first-order chi connectivity index (χ1) is 11.2. The lowest BCUT2D eigenvalue weighted by Crippen LogP contribution is -2.16. The van der Waals surface area contributed by atoms with Gasteiger partial charge in [-0.3, -0.25) is 0 Å². The molecule has 0 aliphatic heterocycles. The highest BCUT2D eigenvalue weighted by Crippen LogP contribution is 2.52. The number of benzene rings is 3. The van der Waals surface area contributed by atoms with Crippen molar-refractivity contribution in [2.75, 3.05) is 0 Å². The van der Waals surface area contributed by atoms with E-state index in [1.165, 1.54) is 33.4 Å². The third-order valence-corrected chi connectivity index (χ3v) is 4.87. The molecule has 0 bridgehead atoms. The highest BCUT2D eigenvalue weighted by atomic mass is 14.4. The number of hydrogen-bond acceptors (Lipinski definition) is 0. The zero-order valence-corrected chi connectivity index (χ0v) is 13.6. The summed E-state index contributed by atoms with van der Waals surface area (Å²) in [5.74, 6) is 0. The van der Waals surface area contributed by atoms with Crippen LogP contribution in [0.5, 0.6) is 0 Å². The maximum absolute atomic E-state index is 2.34. The van der Waals surface area contributed by atoms with Crippen molar-refractivity contribution < 1.29 is 0 Å². The fourth-order valence-electron chi connectivity index (χ4n) is 3.84. The van der Waals surface area contributed by atoms with Gasteiger partial charge in [0.15, 0.2) is 0 Å². The van der Waals surface area contributed by atoms with E-state index >= 15 is 0 Å². The smallest absolute Gasteiger partial charge is 0.0165 e. The molecule has 0 saturated carbocycles. The predicted octanol–water partition coefficient (Wildman–Crippen LogP) is 5.94. The minimum atomic E-state index is 0.00310. The number of fused-ring (bicyclic) bond motifs is 1. The Labute approximate surface area is 138 Å². The summed E-state index contributed by atoms with van der Waals surface area (Å²) in [6.45, 7) is 4.67. The van der Waals surface area contributed by atoms with Crippen molar-refractivity contribution in [1.29, 1.82) is 0 Å². The SMILES string of the molecule is CC1(C)C(c2ccccc2)=C(c2ccccc2)c2ccccc21. The maximum atomic E-state index is 2.34. The maximum Gasteiger partial charge on any atom is 0.0165 e. The second-order valence-corrected chi connectivity index (χ2v) is 6.65. The highest BCUT2D eigenvalue weighted by Gasteiger charge is 2.38. The van der Waals surface area contributed by atoms with Crippen LogP contribution in [0.4, 0.5) is 0 Å². The van der Waals surface area contributed by atoms with Crippen molar-refractivity contribution >= 4 is 11.1 Å². The van der Waals surface area contributed by atoms with Crippen molar-refractivity contribution in [2.24, 2.45) is 0 Å². The van der Waals surface area contributed by atoms with E-state index in [1.807, 2.05) is 0 Å². The summed E-state index contributed by atoms with van der Waals surface area (Å²) >= 11 is 0. The Hall–Kier alpha value is -2.60. The molecule has 0 amide bonds. The van der Waals surface area contributed by atoms with Gasteiger partial charge in [-0.1, -0.05) is 98.8 Å². The van der Waals surface area contributed by atoms with Crippen molar-refractivity contribution in [3.63, 3.8) is 0 Å². The van der Waals surface area contributed by atoms with E-state index in [9.17, 15) is 0 Å². The van der Waals surface area contributed by atoms with Gasteiger partial charge >= 0.3 is 0 Å². The fraction of sp³-hybridized carbons (Fsp3) is 0.130. The lowest BCUT2D eigenvalue weighted by Gasteiger charge is -2.25. The van der Waals surface area contributed by atoms with E-state index in [-0.39, 0.29) is 5.41 Å². The number of hydrogen-bond donors (Lipinski definition) is 0. The van der Waals surface area contributed by atoms with Crippen LogP contribution < -0.4 is 0 Å². The van der Waals surface area contributed by atoms with Crippen LogP contribution >= 0.6 is 0 Å². The molecule has 23 heavy (non-hydrogen) atoms. The van der Waals surface area contributed by atoms with Gasteiger partial charge in [0.05, 0.1) is 0 Å². The molecule has 0 aromatic heterocycles. The quantitative estimate of drug-likeness (QED) is 0.549. The molecule has 0 heteroatoms. The van der Waals surface area contributed by atoms with Crippen LogP contribution in [0.15, 0.2) is 84.9 Å². The zero-order chi connectivity index (χ0) is 15.9. The molecule has 0 unspecified atom stereocenters. The summed E-state index contributed by atoms with van der Waals surface area (Å²) in [7, 11) is 0. The summed E-state index contributed by atoms with van der Waals surface area (Å²) in [6, 6.07) is 30.4. The first kappa shape index (κ1) is 14.0. The number of allylic oxidation sites excluding steroid dienone is 1. The Balaban J connectivity index is 2.08. The molecular weight excluding hydrogens is 276 g/mol. The standard InChI is InChI=1S/C23H20/c1-23(2)20-16-10-9-15-19(20)21(17-11-5-3-6-12-17)22(23)18-13-7-4-8-14-18/h3-16H,1-2H3. The van der Waals surface area contributed by atoms with Crippen LogP contribution in [0.1, 0.15) is 36.1 Å². The molecule has 0 heterocycles. The Morgan fingerprint density at radius 3 is 1.74 bits per heavy atom. The van der Waals surface area contributed by atoms with E-state index in [1.54, 1.807) is 0 Å². The van der Waals surface area contributed by atoms with Crippen molar-refractivity contribution in [3.05, 3.63) is 107 Å². The van der Waals surface area contributed by atoms with Gasteiger partial charge in [-0.25, -0.2) is 0 Å². The minimum absolute atomic E-state index is 0.00310. The molecule has 0 N–H and O–H groups in total. The third kappa shape index (κ3) is 2.14. The Morgan fingerprint density at radius 1 is 0.565 bits per heavy atom. The molecule has 0 nitrogen and oxygen atoms in total. The molecular formula is C23H20. The van der Waals surface area contributed by atoms with Crippen LogP contribution in [-0.4, -0.2) is 0 Å². The van der Waals surface area contributed by atoms with Crippen LogP contribution in [0.2, 0.25) is 0 Å². The predicted molar refractivity (Wildman–Crippen MR) is 98.3 cm³/mol. The van der Waals surface area contributed by atoms with Crippen molar-refractivity contribution in [1.82, 2.24) is 0 Å². The third-order valence-electron chi connectivity index (χ3n) is 4.87. The van der Waals surface area contributed by atoms with E-state index in [4.69, 9.17) is 0 Å². The summed E-state index contributed by atoms with van der Waals surface area (Å²) in [6.07, 6.45) is 0. The summed E-state index contributed by atoms with van der Waals surface area (Å²) < 4.78 is 0. The fourth-order valence-corrected chi connectivity index (χ4v) is 3.84. The van der Waals surface area contributed by atoms with E-state index in [0.717, 1.165) is 0 Å². The highest BCUT2D eigenvalue weighted by molar-refractivity contribution is 6.07. The molecule has 0 saturated heterocycles. The molecule has 1 aliphatic carbocycles. The summed E-state index contributed by atoms with van der Waals surface area (Å²) in [5, 5.41) is 0. The van der Waals surface area contributed by atoms with Gasteiger partial charge in [-0.2, -0.15) is 0 Å². The van der Waals surface area contributed by atoms with Crippen LogP contribution in [0, 0.1) is 0 Å². The van der Waals surface area contributed by atoms with Gasteiger partial charge in [-0.15, -0.1) is 0 Å². The second kappa shape index (κ2) is 5.24. The first-order valence-corrected chi connectivity index (χ1v) is 8.15. The van der Waals surface area contributed by atoms with Crippen LogP contribution in [-0.2, 0) is 5.41 Å². The summed E-state index contributed by atoms with van der Waals surface area (Å²) in [5.41, 5.74) is 8.18. The molecule has 112 valence electrons. The molecule has 0 fully saturated rings. The van der Waals surface area contributed by atoms with Crippen LogP contribution in [0.3, 0.4) is 0 Å². The van der Waals surface area contributed by atoms with Gasteiger partial charge < -0.3 is 0 Å². The topological polar surface area (TPSA) is 0 Å². The van der Waals surface area contributed by atoms with Gasteiger partial charge in [-0.05, 0) is 33.4 Å². The van der Waals surface area contributed by atoms with Gasteiger partial charge in [0.1, 0.15) is 0 Å². The van der Waals surface area contributed by atoms with Crippen molar-refractivity contribution in [2.45, 2.75) is 19.3 Å². The Bertz CT molecular complexity index is 868. The lowest BCUT2D eigenvalue weighted by atomic mass is 9.78. The van der Waals surface area contributed by atoms with Gasteiger partial charge in [0.2, 0.25) is 0 Å². The monoisotopic (exact) mass is 296 g/mol. The molecule has 0 atom stereocenters. The molecule has 0 spiro atoms. The van der Waals surface area contributed by atoms with Gasteiger partial charge in [0.25, 0.3) is 0 Å². The lowest BCUT2D eigenvalue weighted by molar-refractivity contribution is 0.704. The Kier molecular flexibility index (Phi) is 3.20. The van der Waals surface area contributed by atoms with E-state index < -0.39 is 0 Å². The minimum Gasteiger partial charge on any atom is -0.0622 e. The zero-order valence-electron chi connectivity index (χ0n) is 13.6. The van der Waals surface area contributed by atoms with E-state index in [2.05, 4.69) is 98.8 Å². The molecule has 3 aromatic carbocycles. The van der Waals surface area contributed by atoms with Crippen molar-refractivity contribution in [3.8, 4) is 0 Å². The molecule has 1 aliphatic rings. The molecule has 4 rings (SSSR count). The molecule has 3 aromatic rings. The Morgan fingerprint density at radius 2 is 1.09 bits per heavy atom. The summed E-state index contributed by atoms with van der Waals surface area (Å²) in [4.78, 5) is 0. The van der Waals surface area contributed by atoms with Gasteiger partial charge in [0, 0.05) is 5.41 Å². The van der Waals surface area contributed by atoms with E-state index in [0.29, 0.717) is 0 Å². The van der Waals surface area contributed by atoms with Crippen LogP contribution in [0.25, 0.3) is 11.1 Å². The number of rotatable bonds is 2. The largest absolute Gasteiger partial charge is 0.0622 e. The first-order valence-electron chi connectivity index (χ1n) is 8.15. The molecule has 0 radical (unpaired) electrons. The normalized spacial score (nSPS) is 15.6. The second-order valence-electron chi connectivity index (χ2n) is 6.65. The average Bonchev–Trinajstić information content (AvgIpc) is 2.84. The average molecular weight is 296 g/mol.